The molecule has 350 valence electrons. The third-order valence-corrected chi connectivity index (χ3v) is 20.6. The number of ether oxygens (including phenoxy) is 1. The number of hydrogen-bond donors (Lipinski definition) is 3. The number of fused-ring (bicyclic) bond motifs is 7. The van der Waals surface area contributed by atoms with Gasteiger partial charge in [-0.3, -0.25) is 19.2 Å². The highest BCUT2D eigenvalue weighted by molar-refractivity contribution is 5.86. The molecule has 2 aliphatic heterocycles. The molecule has 8 rings (SSSR count). The lowest BCUT2D eigenvalue weighted by atomic mass is 9.33. The van der Waals surface area contributed by atoms with Crippen molar-refractivity contribution in [2.24, 2.45) is 73.4 Å². The van der Waals surface area contributed by atoms with E-state index in [1.807, 2.05) is 0 Å². The van der Waals surface area contributed by atoms with Crippen LogP contribution in [-0.2, 0) is 23.9 Å². The Morgan fingerprint density at radius 3 is 2.02 bits per heavy atom. The number of esters is 1. The van der Waals surface area contributed by atoms with E-state index in [0.717, 1.165) is 96.6 Å². The number of carbonyl (C=O) groups is 4. The zero-order chi connectivity index (χ0) is 45.3. The van der Waals surface area contributed by atoms with Crippen LogP contribution in [0.15, 0.2) is 12.2 Å². The number of hydrogen-bond acceptors (Lipinski definition) is 6. The van der Waals surface area contributed by atoms with E-state index in [-0.39, 0.29) is 63.4 Å². The Bertz CT molecular complexity index is 1720. The van der Waals surface area contributed by atoms with Gasteiger partial charge in [0.15, 0.2) is 0 Å². The fourth-order valence-corrected chi connectivity index (χ4v) is 16.4. The minimum atomic E-state index is -1.16. The van der Waals surface area contributed by atoms with E-state index in [4.69, 9.17) is 4.74 Å². The molecule has 0 aromatic rings. The molecule has 12 atom stereocenters. The predicted molar refractivity (Wildman–Crippen MR) is 246 cm³/mol. The van der Waals surface area contributed by atoms with Gasteiger partial charge in [0.25, 0.3) is 0 Å². The van der Waals surface area contributed by atoms with E-state index in [0.29, 0.717) is 29.6 Å². The molecule has 9 heteroatoms. The van der Waals surface area contributed by atoms with Crippen molar-refractivity contribution in [3.63, 3.8) is 0 Å². The summed E-state index contributed by atoms with van der Waals surface area (Å²) in [6.45, 7) is 30.9. The quantitative estimate of drug-likeness (QED) is 0.164. The number of aliphatic carboxylic acids is 1. The molecule has 0 aromatic carbocycles. The Balaban J connectivity index is 0.000000887. The van der Waals surface area contributed by atoms with E-state index >= 15 is 4.79 Å². The van der Waals surface area contributed by atoms with E-state index in [9.17, 15) is 19.5 Å². The molecule has 0 radical (unpaired) electrons. The van der Waals surface area contributed by atoms with E-state index in [1.54, 1.807) is 13.8 Å². The van der Waals surface area contributed by atoms with Crippen LogP contribution < -0.4 is 10.6 Å². The molecule has 8 aliphatic rings. The molecule has 0 spiro atoms. The van der Waals surface area contributed by atoms with Crippen molar-refractivity contribution in [1.29, 1.82) is 0 Å². The number of rotatable bonds is 8. The SMILES string of the molecule is C1CCNCC1.C=C(C)[C@@H]1CC[C@]2(C(=O)NC3C[C@H](C(=O)N4CCCCC4)C3(C)C)CC[C@@]3(C)C4CC[C@H]5C(C)(C)[C@@H](OC(=O)CC(C)(C)C(=O)O)CC[C@]5(C)[C@H]4CC[C@]3(C)C12. The molecule has 3 N–H and O–H groups in total. The van der Waals surface area contributed by atoms with Crippen molar-refractivity contribution in [3.05, 3.63) is 12.2 Å². The number of amides is 2. The van der Waals surface area contributed by atoms with Crippen molar-refractivity contribution < 1.29 is 29.0 Å². The van der Waals surface area contributed by atoms with Gasteiger partial charge in [-0.1, -0.05) is 67.0 Å². The number of carbonyl (C=O) groups excluding carboxylic acids is 3. The summed E-state index contributed by atoms with van der Waals surface area (Å²) in [7, 11) is 0. The Morgan fingerprint density at radius 1 is 0.774 bits per heavy atom. The molecule has 3 unspecified atom stereocenters. The van der Waals surface area contributed by atoms with Crippen molar-refractivity contribution in [3.8, 4) is 0 Å². The van der Waals surface area contributed by atoms with E-state index in [2.05, 4.69) is 77.5 Å². The van der Waals surface area contributed by atoms with Crippen LogP contribution in [0.3, 0.4) is 0 Å². The molecular weight excluding hydrogens is 775 g/mol. The van der Waals surface area contributed by atoms with Crippen LogP contribution in [0.1, 0.15) is 185 Å². The average Bonchev–Trinajstić information content (AvgIpc) is 3.64. The van der Waals surface area contributed by atoms with E-state index in [1.165, 1.54) is 44.3 Å². The van der Waals surface area contributed by atoms with Gasteiger partial charge >= 0.3 is 11.9 Å². The summed E-state index contributed by atoms with van der Waals surface area (Å²) >= 11 is 0. The molecule has 6 aliphatic carbocycles. The van der Waals surface area contributed by atoms with Crippen LogP contribution in [0.4, 0.5) is 0 Å². The lowest BCUT2D eigenvalue weighted by molar-refractivity contribution is -0.240. The monoisotopic (exact) mass is 862 g/mol. The second-order valence-corrected chi connectivity index (χ2v) is 24.9. The van der Waals surface area contributed by atoms with Crippen molar-refractivity contribution >= 4 is 23.8 Å². The van der Waals surface area contributed by atoms with Gasteiger partial charge < -0.3 is 25.4 Å². The predicted octanol–water partition coefficient (Wildman–Crippen LogP) is 10.4. The van der Waals surface area contributed by atoms with Crippen molar-refractivity contribution in [2.75, 3.05) is 26.2 Å². The molecular formula is C53H87N3O6. The number of piperidine rings is 2. The summed E-state index contributed by atoms with van der Waals surface area (Å²) in [5.41, 5.74) is -0.616. The van der Waals surface area contributed by atoms with Gasteiger partial charge in [0.1, 0.15) is 6.10 Å². The van der Waals surface area contributed by atoms with Gasteiger partial charge in [-0.05, 0) is 188 Å². The topological polar surface area (TPSA) is 125 Å². The molecule has 0 aromatic heterocycles. The van der Waals surface area contributed by atoms with Crippen LogP contribution in [-0.4, -0.2) is 72.1 Å². The second kappa shape index (κ2) is 17.1. The minimum Gasteiger partial charge on any atom is -0.481 e. The Hall–Kier alpha value is -2.42. The number of carboxylic acid groups (broad SMARTS) is 1. The third kappa shape index (κ3) is 7.81. The molecule has 62 heavy (non-hydrogen) atoms. The number of nitrogens with zero attached hydrogens (tertiary/aromatic N) is 1. The molecule has 2 heterocycles. The number of carboxylic acids is 1. The average molecular weight is 862 g/mol. The van der Waals surface area contributed by atoms with Gasteiger partial charge in [-0.15, -0.1) is 0 Å². The first-order chi connectivity index (χ1) is 29.0. The largest absolute Gasteiger partial charge is 0.481 e. The first-order valence-corrected chi connectivity index (χ1v) is 25.4. The maximum Gasteiger partial charge on any atom is 0.309 e. The van der Waals surface area contributed by atoms with Crippen LogP contribution >= 0.6 is 0 Å². The molecule has 2 amide bonds. The Kier molecular flexibility index (Phi) is 13.1. The molecule has 9 nitrogen and oxygen atoms in total. The van der Waals surface area contributed by atoms with Crippen LogP contribution in [0.5, 0.6) is 0 Å². The highest BCUT2D eigenvalue weighted by Crippen LogP contribution is 2.78. The highest BCUT2D eigenvalue weighted by Gasteiger charge is 2.73. The molecule has 6 saturated carbocycles. The molecule has 0 bridgehead atoms. The molecule has 8 fully saturated rings. The van der Waals surface area contributed by atoms with Crippen molar-refractivity contribution in [1.82, 2.24) is 15.5 Å². The van der Waals surface area contributed by atoms with Gasteiger partial charge in [-0.25, -0.2) is 0 Å². The summed E-state index contributed by atoms with van der Waals surface area (Å²) in [6, 6.07) is 0.0149. The highest BCUT2D eigenvalue weighted by atomic mass is 16.5. The van der Waals surface area contributed by atoms with Gasteiger partial charge in [0.2, 0.25) is 11.8 Å². The standard InChI is InChI=1S/C48H76N2O6.C5H11N/c1-29(2)30-17-22-48(40(53)49-35-27-33(43(35,5)6)39(52)50-25-13-12-14-26-50)24-23-46(10)32-15-16-34-44(7,8)36(56-37(51)28-42(3,4)41(54)55)19-20-45(34,9)31(32)18-21-47(46,11)38(30)48;1-2-4-6-5-3-1/h30-36,38H,1,12-28H2,2-11H3,(H,49,53)(H,54,55);6H,1-5H2/t30-,31-,32?,33+,34-,35?,36-,38?,45+,46-,47+,48-;/m0./s1. The minimum absolute atomic E-state index is 0.00579. The zero-order valence-corrected chi connectivity index (χ0v) is 40.8. The zero-order valence-electron chi connectivity index (χ0n) is 40.8. The smallest absolute Gasteiger partial charge is 0.309 e. The number of allylic oxidation sites excluding steroid dienone is 1. The fraction of sp³-hybridized carbons (Fsp3) is 0.887. The fourth-order valence-electron chi connectivity index (χ4n) is 16.4. The van der Waals surface area contributed by atoms with Crippen LogP contribution in [0.25, 0.3) is 0 Å². The first kappa shape index (κ1) is 47.5. The summed E-state index contributed by atoms with van der Waals surface area (Å²) in [4.78, 5) is 55.7. The summed E-state index contributed by atoms with van der Waals surface area (Å²) in [6.07, 6.45) is 18.3. The van der Waals surface area contributed by atoms with Crippen LogP contribution in [0, 0.1) is 73.4 Å². The van der Waals surface area contributed by atoms with Gasteiger partial charge in [0, 0.05) is 30.5 Å². The normalized spacial score (nSPS) is 41.9. The van der Waals surface area contributed by atoms with Gasteiger partial charge in [0.05, 0.1) is 17.3 Å². The van der Waals surface area contributed by atoms with Crippen LogP contribution in [0.2, 0.25) is 0 Å². The lowest BCUT2D eigenvalue weighted by Gasteiger charge is -2.72. The maximum absolute atomic E-state index is 15.1. The lowest BCUT2D eigenvalue weighted by Crippen LogP contribution is -2.69. The van der Waals surface area contributed by atoms with Crippen molar-refractivity contribution in [2.45, 2.75) is 197 Å². The summed E-state index contributed by atoms with van der Waals surface area (Å²) in [5, 5.41) is 16.6. The summed E-state index contributed by atoms with van der Waals surface area (Å²) < 4.78 is 6.19. The Labute approximate surface area is 375 Å². The summed E-state index contributed by atoms with van der Waals surface area (Å²) in [5.74, 6) is 1.23. The maximum atomic E-state index is 15.1. The van der Waals surface area contributed by atoms with E-state index < -0.39 is 22.8 Å². The third-order valence-electron chi connectivity index (χ3n) is 20.6. The number of nitrogens with one attached hydrogen (secondary N) is 2. The number of likely N-dealkylation sites (tertiary alicyclic amines) is 1. The molecule has 2 saturated heterocycles. The Morgan fingerprint density at radius 2 is 1.44 bits per heavy atom. The van der Waals surface area contributed by atoms with Gasteiger partial charge in [-0.2, -0.15) is 0 Å². The second-order valence-electron chi connectivity index (χ2n) is 24.9. The first-order valence-electron chi connectivity index (χ1n) is 25.4.